The van der Waals surface area contributed by atoms with E-state index in [1.54, 1.807) is 7.11 Å². The number of ether oxygens (including phenoxy) is 2. The average Bonchev–Trinajstić information content (AvgIpc) is 3.26. The molecule has 0 aliphatic heterocycles. The van der Waals surface area contributed by atoms with Crippen LogP contribution in [0.2, 0.25) is 0 Å². The van der Waals surface area contributed by atoms with Gasteiger partial charge in [0, 0.05) is 12.3 Å². The molecule has 1 N–H and O–H groups in total. The molecule has 0 bridgehead atoms. The van der Waals surface area contributed by atoms with Gasteiger partial charge < -0.3 is 14.6 Å². The Morgan fingerprint density at radius 2 is 1.91 bits per heavy atom. The first kappa shape index (κ1) is 24.3. The summed E-state index contributed by atoms with van der Waals surface area (Å²) in [5.74, 6) is 1.92. The molecule has 180 valence electrons. The molecule has 1 aromatic heterocycles. The number of aliphatic hydroxyl groups excluding tert-OH is 1. The molecule has 1 heterocycles. The van der Waals surface area contributed by atoms with Crippen LogP contribution in [0.25, 0.3) is 15.8 Å². The standard InChI is InChI=1S/C28H33NO4S/c1-5-18-9-7-8-10-24(30)26(27(31)17(18)3)22-15-21(12-11-19(22)6-2)33-28-29-23-14-13-20(32-4)16-25(23)34-28/h11-18,31H,5-10H2,1-4H3/t17?,18-/m0/s1. The van der Waals surface area contributed by atoms with E-state index in [4.69, 9.17) is 9.47 Å². The number of hydrogen-bond donors (Lipinski definition) is 1. The van der Waals surface area contributed by atoms with E-state index in [-0.39, 0.29) is 17.5 Å². The number of Topliss-reactive ketones (excluding diaryl/α,β-unsaturated/α-hetero) is 1. The molecule has 0 saturated heterocycles. The van der Waals surface area contributed by atoms with E-state index in [1.165, 1.54) is 11.3 Å². The molecule has 1 aliphatic rings. The Hall–Kier alpha value is -2.86. The van der Waals surface area contributed by atoms with Crippen molar-refractivity contribution in [3.8, 4) is 16.7 Å². The van der Waals surface area contributed by atoms with Crippen molar-refractivity contribution >= 4 is 32.9 Å². The van der Waals surface area contributed by atoms with Gasteiger partial charge in [-0.3, -0.25) is 4.79 Å². The van der Waals surface area contributed by atoms with Gasteiger partial charge in [0.15, 0.2) is 5.78 Å². The summed E-state index contributed by atoms with van der Waals surface area (Å²) in [5, 5.41) is 11.9. The first-order valence-corrected chi connectivity index (χ1v) is 13.0. The van der Waals surface area contributed by atoms with E-state index in [1.807, 2.05) is 43.3 Å². The number of benzene rings is 2. The number of thiazole rings is 1. The molecule has 34 heavy (non-hydrogen) atoms. The average molecular weight is 480 g/mol. The van der Waals surface area contributed by atoms with Gasteiger partial charge in [0.1, 0.15) is 17.3 Å². The first-order chi connectivity index (χ1) is 16.4. The van der Waals surface area contributed by atoms with Crippen LogP contribution in [0.15, 0.2) is 42.2 Å². The smallest absolute Gasteiger partial charge is 0.279 e. The van der Waals surface area contributed by atoms with Gasteiger partial charge in [-0.1, -0.05) is 51.0 Å². The van der Waals surface area contributed by atoms with Gasteiger partial charge in [-0.2, -0.15) is 0 Å². The van der Waals surface area contributed by atoms with E-state index >= 15 is 0 Å². The number of aryl methyl sites for hydroxylation is 1. The van der Waals surface area contributed by atoms with Crippen molar-refractivity contribution in [2.75, 3.05) is 7.11 Å². The van der Waals surface area contributed by atoms with E-state index in [2.05, 4.69) is 18.8 Å². The third-order valence-corrected chi connectivity index (χ3v) is 7.84. The van der Waals surface area contributed by atoms with Crippen molar-refractivity contribution in [2.24, 2.45) is 11.8 Å². The highest BCUT2D eigenvalue weighted by Gasteiger charge is 2.28. The van der Waals surface area contributed by atoms with Crippen LogP contribution in [0.3, 0.4) is 0 Å². The number of hydrogen-bond acceptors (Lipinski definition) is 6. The van der Waals surface area contributed by atoms with Crippen LogP contribution in [0, 0.1) is 11.8 Å². The van der Waals surface area contributed by atoms with Gasteiger partial charge in [-0.15, -0.1) is 0 Å². The molecule has 1 aliphatic carbocycles. The fraction of sp³-hybridized carbons (Fsp3) is 0.429. The van der Waals surface area contributed by atoms with Crippen LogP contribution in [0.4, 0.5) is 0 Å². The highest BCUT2D eigenvalue weighted by molar-refractivity contribution is 7.20. The number of rotatable bonds is 6. The zero-order valence-corrected chi connectivity index (χ0v) is 21.2. The molecule has 0 saturated carbocycles. The third kappa shape index (κ3) is 4.97. The molecule has 0 radical (unpaired) electrons. The van der Waals surface area contributed by atoms with Crippen molar-refractivity contribution in [1.82, 2.24) is 4.98 Å². The van der Waals surface area contributed by atoms with E-state index < -0.39 is 0 Å². The summed E-state index contributed by atoms with van der Waals surface area (Å²) in [6.07, 6.45) is 5.10. The molecule has 0 amide bonds. The number of aliphatic hydroxyl groups is 1. The lowest BCUT2D eigenvalue weighted by atomic mass is 9.83. The predicted molar refractivity (Wildman–Crippen MR) is 138 cm³/mol. The molecule has 2 atom stereocenters. The fourth-order valence-electron chi connectivity index (χ4n) is 4.82. The lowest BCUT2D eigenvalue weighted by Crippen LogP contribution is -2.16. The normalized spacial score (nSPS) is 19.6. The Morgan fingerprint density at radius 1 is 1.12 bits per heavy atom. The van der Waals surface area contributed by atoms with Gasteiger partial charge in [0.2, 0.25) is 0 Å². The highest BCUT2D eigenvalue weighted by atomic mass is 32.1. The first-order valence-electron chi connectivity index (χ1n) is 12.2. The van der Waals surface area contributed by atoms with E-state index in [0.29, 0.717) is 28.9 Å². The maximum atomic E-state index is 13.3. The number of carbonyl (C=O) groups is 1. The molecule has 2 aromatic carbocycles. The summed E-state index contributed by atoms with van der Waals surface area (Å²) in [7, 11) is 1.64. The molecular weight excluding hydrogens is 446 g/mol. The van der Waals surface area contributed by atoms with E-state index in [9.17, 15) is 9.90 Å². The Bertz CT molecular complexity index is 1210. The molecular formula is C28H33NO4S. The minimum Gasteiger partial charge on any atom is -0.511 e. The minimum atomic E-state index is -0.0597. The topological polar surface area (TPSA) is 68.7 Å². The number of ketones is 1. The third-order valence-electron chi connectivity index (χ3n) is 6.94. The summed E-state index contributed by atoms with van der Waals surface area (Å²) in [6.45, 7) is 6.27. The Labute approximate surface area is 205 Å². The second kappa shape index (κ2) is 10.6. The number of methoxy groups -OCH3 is 1. The van der Waals surface area contributed by atoms with Gasteiger partial charge in [0.25, 0.3) is 5.19 Å². The SMILES string of the molecule is CCc1ccc(Oc2nc3ccc(OC)cc3s2)cc1C1=C(O)C(C)[C@@H](CC)CCCCC1=O. The summed E-state index contributed by atoms with van der Waals surface area (Å²) in [6, 6.07) is 11.5. The number of fused-ring (bicyclic) bond motifs is 1. The largest absolute Gasteiger partial charge is 0.511 e. The number of aromatic nitrogens is 1. The summed E-state index contributed by atoms with van der Waals surface area (Å²) in [5.41, 5.74) is 3.10. The highest BCUT2D eigenvalue weighted by Crippen LogP contribution is 2.38. The zero-order valence-electron chi connectivity index (χ0n) is 20.4. The van der Waals surface area contributed by atoms with Crippen LogP contribution in [0.5, 0.6) is 16.7 Å². The Kier molecular flexibility index (Phi) is 7.57. The summed E-state index contributed by atoms with van der Waals surface area (Å²) >= 11 is 1.44. The maximum Gasteiger partial charge on any atom is 0.279 e. The molecule has 4 rings (SSSR count). The zero-order chi connectivity index (χ0) is 24.2. The lowest BCUT2D eigenvalue weighted by molar-refractivity contribution is -0.114. The second-order valence-corrected chi connectivity index (χ2v) is 9.97. The Balaban J connectivity index is 1.74. The predicted octanol–water partition coefficient (Wildman–Crippen LogP) is 7.73. The van der Waals surface area contributed by atoms with Crippen molar-refractivity contribution in [3.63, 3.8) is 0 Å². The van der Waals surface area contributed by atoms with Crippen LogP contribution in [0.1, 0.15) is 64.0 Å². The molecule has 0 spiro atoms. The maximum absolute atomic E-state index is 13.3. The quantitative estimate of drug-likeness (QED) is 0.392. The van der Waals surface area contributed by atoms with Crippen LogP contribution in [-0.2, 0) is 11.2 Å². The van der Waals surface area contributed by atoms with Crippen molar-refractivity contribution in [1.29, 1.82) is 0 Å². The summed E-state index contributed by atoms with van der Waals surface area (Å²) < 4.78 is 12.4. The van der Waals surface area contributed by atoms with Crippen LogP contribution in [-0.4, -0.2) is 23.0 Å². The Morgan fingerprint density at radius 3 is 2.65 bits per heavy atom. The lowest BCUT2D eigenvalue weighted by Gasteiger charge is -2.23. The van der Waals surface area contributed by atoms with Gasteiger partial charge in [-0.05, 0) is 66.6 Å². The van der Waals surface area contributed by atoms with Crippen molar-refractivity contribution in [2.45, 2.75) is 59.3 Å². The van der Waals surface area contributed by atoms with E-state index in [0.717, 1.165) is 59.2 Å². The van der Waals surface area contributed by atoms with Crippen molar-refractivity contribution in [3.05, 3.63) is 53.3 Å². The molecule has 6 heteroatoms. The van der Waals surface area contributed by atoms with Gasteiger partial charge in [-0.25, -0.2) is 4.98 Å². The monoisotopic (exact) mass is 479 g/mol. The fourth-order valence-corrected chi connectivity index (χ4v) is 5.69. The summed E-state index contributed by atoms with van der Waals surface area (Å²) in [4.78, 5) is 17.9. The number of allylic oxidation sites excluding steroid dienone is 2. The second-order valence-electron chi connectivity index (χ2n) is 8.97. The molecule has 1 unspecified atom stereocenters. The van der Waals surface area contributed by atoms with Gasteiger partial charge in [0.05, 0.1) is 22.9 Å². The molecule has 3 aromatic rings. The van der Waals surface area contributed by atoms with Crippen LogP contribution < -0.4 is 9.47 Å². The van der Waals surface area contributed by atoms with Gasteiger partial charge >= 0.3 is 0 Å². The minimum absolute atomic E-state index is 0.0139. The number of nitrogens with zero attached hydrogens (tertiary/aromatic N) is 1. The molecule has 5 nitrogen and oxygen atoms in total. The number of carbonyl (C=O) groups excluding carboxylic acids is 1. The van der Waals surface area contributed by atoms with Crippen LogP contribution >= 0.6 is 11.3 Å². The van der Waals surface area contributed by atoms with Crippen molar-refractivity contribution < 1.29 is 19.4 Å². The molecule has 0 fully saturated rings.